The Morgan fingerprint density at radius 3 is 2.00 bits per heavy atom. The molecule has 7 nitrogen and oxygen atoms in total. The Kier molecular flexibility index (Phi) is 7.10. The first-order chi connectivity index (χ1) is 12.9. The predicted octanol–water partition coefficient (Wildman–Crippen LogP) is 2.34. The van der Waals surface area contributed by atoms with Crippen molar-refractivity contribution in [3.63, 3.8) is 0 Å². The van der Waals surface area contributed by atoms with Crippen LogP contribution in [0.5, 0.6) is 0 Å². The Morgan fingerprint density at radius 1 is 1.00 bits per heavy atom. The lowest BCUT2D eigenvalue weighted by atomic mass is 10.1. The van der Waals surface area contributed by atoms with Gasteiger partial charge in [0.15, 0.2) is 9.84 Å². The van der Waals surface area contributed by atoms with Gasteiger partial charge in [0.2, 0.25) is 15.9 Å². The second-order valence-corrected chi connectivity index (χ2v) is 11.5. The highest BCUT2D eigenvalue weighted by Gasteiger charge is 2.22. The molecule has 2 rings (SSSR count). The van der Waals surface area contributed by atoms with Gasteiger partial charge in [-0.1, -0.05) is 12.1 Å². The minimum absolute atomic E-state index is 0.191. The van der Waals surface area contributed by atoms with Crippen LogP contribution in [0.15, 0.2) is 53.4 Å². The predicted molar refractivity (Wildman–Crippen MR) is 117 cm³/mol. The lowest BCUT2D eigenvalue weighted by Gasteiger charge is -2.23. The summed E-state index contributed by atoms with van der Waals surface area (Å²) in [6.45, 7) is 1.38. The number of nitrogens with zero attached hydrogens (tertiary/aromatic N) is 1. The molecule has 0 spiro atoms. The number of hydrogen-bond acceptors (Lipinski definition) is 5. The molecule has 2 aromatic rings. The zero-order valence-electron chi connectivity index (χ0n) is 15.6. The summed E-state index contributed by atoms with van der Waals surface area (Å²) in [6.07, 6.45) is 2.17. The normalized spacial score (nSPS) is 13.0. The summed E-state index contributed by atoms with van der Waals surface area (Å²) in [5, 5.41) is 2.74. The lowest BCUT2D eigenvalue weighted by molar-refractivity contribution is -0.120. The average molecular weight is 536 g/mol. The van der Waals surface area contributed by atoms with Crippen LogP contribution < -0.4 is 9.62 Å². The van der Waals surface area contributed by atoms with Gasteiger partial charge in [-0.25, -0.2) is 16.8 Å². The first-order valence-electron chi connectivity index (χ1n) is 8.20. The number of sulfonamides is 1. The van der Waals surface area contributed by atoms with Crippen LogP contribution in [0.25, 0.3) is 0 Å². The molecule has 0 saturated carbocycles. The lowest BCUT2D eigenvalue weighted by Crippen LogP contribution is -2.41. The van der Waals surface area contributed by atoms with Gasteiger partial charge >= 0.3 is 0 Å². The van der Waals surface area contributed by atoms with Gasteiger partial charge in [-0.3, -0.25) is 9.10 Å². The van der Waals surface area contributed by atoms with E-state index in [9.17, 15) is 21.6 Å². The zero-order valence-corrected chi connectivity index (χ0v) is 19.4. The molecule has 10 heteroatoms. The summed E-state index contributed by atoms with van der Waals surface area (Å²) >= 11 is 2.11. The van der Waals surface area contributed by atoms with Crippen LogP contribution in [0.1, 0.15) is 18.5 Å². The summed E-state index contributed by atoms with van der Waals surface area (Å²) in [5.74, 6) is -0.469. The molecule has 0 aromatic heterocycles. The van der Waals surface area contributed by atoms with Crippen molar-refractivity contribution >= 4 is 54.0 Å². The largest absolute Gasteiger partial charge is 0.348 e. The van der Waals surface area contributed by atoms with Gasteiger partial charge in [0.1, 0.15) is 6.54 Å². The first-order valence-corrected chi connectivity index (χ1v) is 13.0. The standard InChI is InChI=1S/C18H21IN2O5S2/c1-13(14-4-10-17(11-5-14)27(2,23)24)20-18(22)12-21(28(3,25)26)16-8-6-15(19)7-9-16/h4-11,13H,12H2,1-3H3,(H,20,22)/t13-/m0/s1. The van der Waals surface area contributed by atoms with Crippen molar-refractivity contribution in [3.8, 4) is 0 Å². The summed E-state index contributed by atoms with van der Waals surface area (Å²) in [7, 11) is -6.94. The van der Waals surface area contributed by atoms with Gasteiger partial charge in [0.05, 0.1) is 22.9 Å². The van der Waals surface area contributed by atoms with Crippen LogP contribution in [-0.2, 0) is 24.7 Å². The Balaban J connectivity index is 2.13. The van der Waals surface area contributed by atoms with Crippen molar-refractivity contribution in [1.82, 2.24) is 5.32 Å². The van der Waals surface area contributed by atoms with E-state index in [1.165, 1.54) is 12.1 Å². The Morgan fingerprint density at radius 2 is 1.54 bits per heavy atom. The van der Waals surface area contributed by atoms with Crippen LogP contribution in [0, 0.1) is 3.57 Å². The number of nitrogens with one attached hydrogen (secondary N) is 1. The van der Waals surface area contributed by atoms with Crippen LogP contribution >= 0.6 is 22.6 Å². The minimum atomic E-state index is -3.64. The fraction of sp³-hybridized carbons (Fsp3) is 0.278. The number of rotatable bonds is 7. The Labute approximate surface area is 179 Å². The number of sulfone groups is 1. The molecule has 2 aromatic carbocycles. The number of amides is 1. The highest BCUT2D eigenvalue weighted by molar-refractivity contribution is 14.1. The number of benzene rings is 2. The van der Waals surface area contributed by atoms with Crippen molar-refractivity contribution in [2.45, 2.75) is 17.9 Å². The quantitative estimate of drug-likeness (QED) is 0.548. The van der Waals surface area contributed by atoms with Gasteiger partial charge in [0.25, 0.3) is 0 Å². The molecule has 0 bridgehead atoms. The van der Waals surface area contributed by atoms with Crippen LogP contribution in [0.2, 0.25) is 0 Å². The van der Waals surface area contributed by atoms with E-state index in [2.05, 4.69) is 27.9 Å². The smallest absolute Gasteiger partial charge is 0.241 e. The van der Waals surface area contributed by atoms with E-state index >= 15 is 0 Å². The first kappa shape index (κ1) is 22.6. The second kappa shape index (κ2) is 8.78. The third kappa shape index (κ3) is 6.17. The number of carbonyl (C=O) groups excluding carboxylic acids is 1. The molecule has 0 fully saturated rings. The highest BCUT2D eigenvalue weighted by Crippen LogP contribution is 2.20. The molecule has 0 radical (unpaired) electrons. The monoisotopic (exact) mass is 536 g/mol. The molecule has 0 aliphatic rings. The zero-order chi connectivity index (χ0) is 21.1. The van der Waals surface area contributed by atoms with Gasteiger partial charge in [0, 0.05) is 9.83 Å². The van der Waals surface area contributed by atoms with Gasteiger partial charge in [-0.05, 0) is 71.5 Å². The van der Waals surface area contributed by atoms with E-state index < -0.39 is 31.8 Å². The summed E-state index contributed by atoms with van der Waals surface area (Å²) in [5.41, 5.74) is 1.11. The van der Waals surface area contributed by atoms with E-state index in [4.69, 9.17) is 0 Å². The minimum Gasteiger partial charge on any atom is -0.348 e. The molecule has 0 aliphatic heterocycles. The molecular formula is C18H21IN2O5S2. The van der Waals surface area contributed by atoms with Crippen molar-refractivity contribution < 1.29 is 21.6 Å². The fourth-order valence-corrected chi connectivity index (χ4v) is 4.36. The maximum atomic E-state index is 12.4. The summed E-state index contributed by atoms with van der Waals surface area (Å²) in [4.78, 5) is 12.6. The SMILES string of the molecule is C[C@H](NC(=O)CN(c1ccc(I)cc1)S(C)(=O)=O)c1ccc(S(C)(=O)=O)cc1. The Bertz CT molecular complexity index is 1050. The molecule has 0 saturated heterocycles. The molecule has 0 unspecified atom stereocenters. The van der Waals surface area contributed by atoms with Crippen LogP contribution in [-0.4, -0.2) is 41.8 Å². The maximum Gasteiger partial charge on any atom is 0.241 e. The van der Waals surface area contributed by atoms with Gasteiger partial charge in [-0.2, -0.15) is 0 Å². The van der Waals surface area contributed by atoms with Crippen molar-refractivity contribution in [2.75, 3.05) is 23.4 Å². The maximum absolute atomic E-state index is 12.4. The van der Waals surface area contributed by atoms with E-state index in [0.717, 1.165) is 20.4 Å². The summed E-state index contributed by atoms with van der Waals surface area (Å²) in [6, 6.07) is 12.6. The molecule has 0 aliphatic carbocycles. The number of halogens is 1. The fourth-order valence-electron chi connectivity index (χ4n) is 2.51. The number of anilines is 1. The molecule has 0 heterocycles. The van der Waals surface area contributed by atoms with Gasteiger partial charge < -0.3 is 5.32 Å². The molecule has 1 N–H and O–H groups in total. The van der Waals surface area contributed by atoms with E-state index in [1.54, 1.807) is 43.3 Å². The van der Waals surface area contributed by atoms with Crippen LogP contribution in [0.4, 0.5) is 5.69 Å². The molecule has 1 amide bonds. The van der Waals surface area contributed by atoms with E-state index in [0.29, 0.717) is 11.3 Å². The molecule has 28 heavy (non-hydrogen) atoms. The molecule has 152 valence electrons. The van der Waals surface area contributed by atoms with Crippen molar-refractivity contribution in [2.24, 2.45) is 0 Å². The Hall–Kier alpha value is -1.66. The third-order valence-electron chi connectivity index (χ3n) is 3.99. The third-order valence-corrected chi connectivity index (χ3v) is 6.98. The second-order valence-electron chi connectivity index (χ2n) is 6.38. The van der Waals surface area contributed by atoms with E-state index in [-0.39, 0.29) is 11.4 Å². The van der Waals surface area contributed by atoms with E-state index in [1.807, 2.05) is 0 Å². The topological polar surface area (TPSA) is 101 Å². The van der Waals surface area contributed by atoms with Crippen molar-refractivity contribution in [3.05, 3.63) is 57.7 Å². The van der Waals surface area contributed by atoms with Crippen LogP contribution in [0.3, 0.4) is 0 Å². The number of hydrogen-bond donors (Lipinski definition) is 1. The summed E-state index contributed by atoms with van der Waals surface area (Å²) < 4.78 is 49.3. The van der Waals surface area contributed by atoms with Crippen molar-refractivity contribution in [1.29, 1.82) is 0 Å². The molecule has 1 atom stereocenters. The van der Waals surface area contributed by atoms with Gasteiger partial charge in [-0.15, -0.1) is 0 Å². The average Bonchev–Trinajstić information content (AvgIpc) is 2.59. The number of carbonyl (C=O) groups is 1. The highest BCUT2D eigenvalue weighted by atomic mass is 127. The molecular weight excluding hydrogens is 515 g/mol.